The van der Waals surface area contributed by atoms with Crippen LogP contribution in [-0.2, 0) is 11.3 Å². The fourth-order valence-corrected chi connectivity index (χ4v) is 3.34. The quantitative estimate of drug-likeness (QED) is 0.623. The van der Waals surface area contributed by atoms with Gasteiger partial charge in [-0.1, -0.05) is 40.2 Å². The highest BCUT2D eigenvalue weighted by Gasteiger charge is 2.34. The maximum absolute atomic E-state index is 14.2. The van der Waals surface area contributed by atoms with Gasteiger partial charge in [0.2, 0.25) is 0 Å². The number of carbonyl (C=O) groups is 2. The number of hydrogen-bond donors (Lipinski definition) is 2. The lowest BCUT2D eigenvalue weighted by Crippen LogP contribution is -2.30. The molecule has 136 valence electrons. The van der Waals surface area contributed by atoms with E-state index in [1.165, 1.54) is 6.07 Å². The Labute approximate surface area is 160 Å². The Bertz CT molecular complexity index is 1160. The minimum Gasteiger partial charge on any atom is -0.320 e. The van der Waals surface area contributed by atoms with E-state index in [0.717, 1.165) is 4.68 Å². The molecule has 1 aliphatic heterocycles. The minimum absolute atomic E-state index is 0.113. The average Bonchev–Trinajstić information content (AvgIpc) is 2.97. The van der Waals surface area contributed by atoms with E-state index < -0.39 is 29.4 Å². The Balaban J connectivity index is 1.89. The summed E-state index contributed by atoms with van der Waals surface area (Å²) in [6.07, 6.45) is 0. The van der Waals surface area contributed by atoms with E-state index in [4.69, 9.17) is 0 Å². The van der Waals surface area contributed by atoms with Crippen molar-refractivity contribution in [2.24, 2.45) is 0 Å². The molecule has 1 aromatic heterocycles. The second kappa shape index (κ2) is 6.58. The van der Waals surface area contributed by atoms with Crippen LogP contribution in [0.4, 0.5) is 9.18 Å². The van der Waals surface area contributed by atoms with Crippen LogP contribution in [0.2, 0.25) is 0 Å². The smallest absolute Gasteiger partial charge is 0.320 e. The summed E-state index contributed by atoms with van der Waals surface area (Å²) >= 11 is 3.19. The van der Waals surface area contributed by atoms with Crippen LogP contribution < -0.4 is 16.2 Å². The van der Waals surface area contributed by atoms with Gasteiger partial charge in [-0.05, 0) is 18.2 Å². The van der Waals surface area contributed by atoms with E-state index in [1.54, 1.807) is 36.4 Å². The fourth-order valence-electron chi connectivity index (χ4n) is 3.00. The van der Waals surface area contributed by atoms with Gasteiger partial charge in [-0.25, -0.2) is 13.9 Å². The molecule has 9 heteroatoms. The van der Waals surface area contributed by atoms with Crippen molar-refractivity contribution < 1.29 is 14.0 Å². The lowest BCUT2D eigenvalue weighted by molar-refractivity contribution is -0.120. The van der Waals surface area contributed by atoms with E-state index >= 15 is 0 Å². The monoisotopic (exact) mass is 430 g/mol. The highest BCUT2D eigenvalue weighted by atomic mass is 79.9. The van der Waals surface area contributed by atoms with Gasteiger partial charge in [0, 0.05) is 15.4 Å². The minimum atomic E-state index is -1.02. The number of nitrogens with zero attached hydrogens (tertiary/aromatic N) is 2. The van der Waals surface area contributed by atoms with Crippen LogP contribution in [0.1, 0.15) is 17.3 Å². The number of hydrogen-bond acceptors (Lipinski definition) is 4. The van der Waals surface area contributed by atoms with E-state index in [1.807, 2.05) is 0 Å². The van der Waals surface area contributed by atoms with Crippen LogP contribution in [-0.4, -0.2) is 21.7 Å². The van der Waals surface area contributed by atoms with Crippen molar-refractivity contribution in [2.75, 3.05) is 0 Å². The molecule has 1 unspecified atom stereocenters. The molecule has 3 aromatic rings. The first-order valence-corrected chi connectivity index (χ1v) is 8.78. The Morgan fingerprint density at radius 1 is 1.11 bits per heavy atom. The van der Waals surface area contributed by atoms with Crippen LogP contribution in [0, 0.1) is 5.82 Å². The second-order valence-electron chi connectivity index (χ2n) is 6.03. The number of aromatic nitrogens is 2. The average molecular weight is 431 g/mol. The summed E-state index contributed by atoms with van der Waals surface area (Å²) in [6.45, 7) is -0.113. The fraction of sp³-hybridized carbons (Fsp3) is 0.111. The number of amides is 3. The van der Waals surface area contributed by atoms with Gasteiger partial charge in [0.05, 0.1) is 11.9 Å². The first-order valence-electron chi connectivity index (χ1n) is 7.99. The van der Waals surface area contributed by atoms with Gasteiger partial charge in [-0.3, -0.25) is 14.9 Å². The molecule has 2 aromatic carbocycles. The largest absolute Gasteiger partial charge is 0.322 e. The molecular formula is C18H12BrFN4O3. The Hall–Kier alpha value is -3.07. The van der Waals surface area contributed by atoms with Crippen molar-refractivity contribution in [1.82, 2.24) is 20.4 Å². The molecule has 2 N–H and O–H groups in total. The highest BCUT2D eigenvalue weighted by molar-refractivity contribution is 9.10. The first kappa shape index (κ1) is 17.3. The maximum atomic E-state index is 14.2. The molecule has 4 rings (SSSR count). The topological polar surface area (TPSA) is 93.1 Å². The maximum Gasteiger partial charge on any atom is 0.322 e. The van der Waals surface area contributed by atoms with Gasteiger partial charge in [0.25, 0.3) is 11.5 Å². The van der Waals surface area contributed by atoms with Gasteiger partial charge in [0.1, 0.15) is 11.5 Å². The van der Waals surface area contributed by atoms with Crippen LogP contribution >= 0.6 is 15.9 Å². The van der Waals surface area contributed by atoms with Crippen molar-refractivity contribution in [3.8, 4) is 0 Å². The Morgan fingerprint density at radius 2 is 1.85 bits per heavy atom. The number of halogens is 2. The molecule has 1 aliphatic rings. The summed E-state index contributed by atoms with van der Waals surface area (Å²) in [6, 6.07) is 9.51. The normalized spacial score (nSPS) is 16.4. The molecule has 3 amide bonds. The van der Waals surface area contributed by atoms with E-state index in [2.05, 4.69) is 31.7 Å². The van der Waals surface area contributed by atoms with Gasteiger partial charge >= 0.3 is 6.03 Å². The molecule has 27 heavy (non-hydrogen) atoms. The third-order valence-electron chi connectivity index (χ3n) is 4.28. The van der Waals surface area contributed by atoms with Crippen molar-refractivity contribution in [1.29, 1.82) is 0 Å². The molecular weight excluding hydrogens is 419 g/mol. The predicted molar refractivity (Wildman–Crippen MR) is 98.6 cm³/mol. The molecule has 2 heterocycles. The molecule has 7 nitrogen and oxygen atoms in total. The Kier molecular flexibility index (Phi) is 4.23. The first-order chi connectivity index (χ1) is 12.9. The molecule has 0 bridgehead atoms. The standard InChI is InChI=1S/C18H12BrFN4O3/c19-10-6-5-9(13(20)7-10)8-24-17(26)12-4-2-1-3-11(12)14(23-24)15-16(25)22-18(27)21-15/h1-7,15H,8H2,(H2,21,22,25,27). The molecule has 0 aliphatic carbocycles. The SMILES string of the molecule is O=C1NC(=O)C(c2nn(Cc3ccc(Br)cc3F)c(=O)c3ccccc23)N1. The van der Waals surface area contributed by atoms with Crippen LogP contribution in [0.25, 0.3) is 10.8 Å². The van der Waals surface area contributed by atoms with Gasteiger partial charge in [-0.15, -0.1) is 0 Å². The molecule has 0 radical (unpaired) electrons. The summed E-state index contributed by atoms with van der Waals surface area (Å²) in [5, 5.41) is 9.69. The van der Waals surface area contributed by atoms with Gasteiger partial charge in [-0.2, -0.15) is 5.10 Å². The number of nitrogens with one attached hydrogen (secondary N) is 2. The highest BCUT2D eigenvalue weighted by Crippen LogP contribution is 2.23. The molecule has 1 atom stereocenters. The predicted octanol–water partition coefficient (Wildman–Crippen LogP) is 2.23. The zero-order valence-electron chi connectivity index (χ0n) is 13.7. The van der Waals surface area contributed by atoms with E-state index in [0.29, 0.717) is 15.2 Å². The number of urea groups is 1. The summed E-state index contributed by atoms with van der Waals surface area (Å²) < 4.78 is 15.9. The third kappa shape index (κ3) is 3.10. The third-order valence-corrected chi connectivity index (χ3v) is 4.77. The van der Waals surface area contributed by atoms with Crippen molar-refractivity contribution >= 4 is 38.6 Å². The number of carbonyl (C=O) groups excluding carboxylic acids is 2. The number of benzene rings is 2. The number of imide groups is 1. The van der Waals surface area contributed by atoms with Crippen molar-refractivity contribution in [2.45, 2.75) is 12.6 Å². The summed E-state index contributed by atoms with van der Waals surface area (Å²) in [7, 11) is 0. The van der Waals surface area contributed by atoms with E-state index in [-0.39, 0.29) is 17.8 Å². The zero-order valence-corrected chi connectivity index (χ0v) is 15.3. The van der Waals surface area contributed by atoms with Crippen molar-refractivity contribution in [3.63, 3.8) is 0 Å². The van der Waals surface area contributed by atoms with Crippen LogP contribution in [0.5, 0.6) is 0 Å². The van der Waals surface area contributed by atoms with Gasteiger partial charge < -0.3 is 5.32 Å². The second-order valence-corrected chi connectivity index (χ2v) is 6.94. The zero-order chi connectivity index (χ0) is 19.1. The van der Waals surface area contributed by atoms with Gasteiger partial charge in [0.15, 0.2) is 6.04 Å². The van der Waals surface area contributed by atoms with E-state index in [9.17, 15) is 18.8 Å². The molecule has 1 fully saturated rings. The summed E-state index contributed by atoms with van der Waals surface area (Å²) in [5.74, 6) is -1.04. The number of fused-ring (bicyclic) bond motifs is 1. The molecule has 0 saturated carbocycles. The lowest BCUT2D eigenvalue weighted by atomic mass is 10.1. The molecule has 1 saturated heterocycles. The van der Waals surface area contributed by atoms with Crippen molar-refractivity contribution in [3.05, 3.63) is 74.4 Å². The van der Waals surface area contributed by atoms with Crippen LogP contribution in [0.3, 0.4) is 0 Å². The number of rotatable bonds is 3. The summed E-state index contributed by atoms with van der Waals surface area (Å²) in [5.41, 5.74) is 0.0846. The molecule has 0 spiro atoms. The Morgan fingerprint density at radius 3 is 2.52 bits per heavy atom. The lowest BCUT2D eigenvalue weighted by Gasteiger charge is -2.14. The summed E-state index contributed by atoms with van der Waals surface area (Å²) in [4.78, 5) is 36.4. The van der Waals surface area contributed by atoms with Crippen LogP contribution in [0.15, 0.2) is 51.7 Å².